The first-order chi connectivity index (χ1) is 9.26. The van der Waals surface area contributed by atoms with Gasteiger partial charge < -0.3 is 5.32 Å². The van der Waals surface area contributed by atoms with Gasteiger partial charge in [-0.1, -0.05) is 39.3 Å². The van der Waals surface area contributed by atoms with Crippen LogP contribution in [0.1, 0.15) is 39.7 Å². The van der Waals surface area contributed by atoms with Crippen LogP contribution in [0.3, 0.4) is 0 Å². The van der Waals surface area contributed by atoms with E-state index in [0.29, 0.717) is 11.7 Å². The Balaban J connectivity index is 1.74. The first-order valence-corrected chi connectivity index (χ1v) is 7.53. The summed E-state index contributed by atoms with van der Waals surface area (Å²) >= 11 is 5.84. The van der Waals surface area contributed by atoms with E-state index in [1.807, 2.05) is 12.1 Å². The quantitative estimate of drug-likeness (QED) is 0.667. The molecule has 1 fully saturated rings. The Hall–Kier alpha value is -1.09. The largest absolute Gasteiger partial charge is 0.356 e. The average molecular weight is 295 g/mol. The van der Waals surface area contributed by atoms with Gasteiger partial charge in [0.15, 0.2) is 0 Å². The molecule has 1 heterocycles. The second kappa shape index (κ2) is 5.36. The maximum atomic E-state index is 12.2. The molecule has 110 valence electrons. The minimum absolute atomic E-state index is 0.107. The molecule has 2 rings (SSSR count). The second-order valence-corrected chi connectivity index (χ2v) is 7.15. The number of pyridine rings is 1. The summed E-state index contributed by atoms with van der Waals surface area (Å²) in [6.07, 6.45) is 3.53. The van der Waals surface area contributed by atoms with E-state index in [4.69, 9.17) is 11.6 Å². The molecule has 0 aromatic carbocycles. The number of aryl methyl sites for hydroxylation is 1. The number of carbonyl (C=O) groups is 1. The lowest BCUT2D eigenvalue weighted by Crippen LogP contribution is -2.28. The molecular weight excluding hydrogens is 272 g/mol. The Kier molecular flexibility index (Phi) is 4.10. The summed E-state index contributed by atoms with van der Waals surface area (Å²) in [6.45, 7) is 9.36. The lowest BCUT2D eigenvalue weighted by atomic mass is 10.0. The molecule has 1 aliphatic rings. The van der Waals surface area contributed by atoms with E-state index in [1.165, 1.54) is 0 Å². The molecule has 1 aliphatic carbocycles. The van der Waals surface area contributed by atoms with Gasteiger partial charge in [0.25, 0.3) is 0 Å². The van der Waals surface area contributed by atoms with Crippen LogP contribution in [0.4, 0.5) is 0 Å². The molecular formula is C16H23ClN2O. The van der Waals surface area contributed by atoms with E-state index in [-0.39, 0.29) is 22.7 Å². The van der Waals surface area contributed by atoms with Crippen LogP contribution in [-0.2, 0) is 11.2 Å². The summed E-state index contributed by atoms with van der Waals surface area (Å²) in [5.41, 5.74) is 1.37. The standard InChI is InChI=1S/C16H23ClN2O/c1-15(2)13(16(15,3)4)14(20)19-8-5-6-11-7-9-18-12(17)10-11/h7,9-10,13H,5-6,8H2,1-4H3,(H,19,20). The highest BCUT2D eigenvalue weighted by atomic mass is 35.5. The molecule has 0 atom stereocenters. The third-order valence-corrected chi connectivity index (χ3v) is 5.22. The summed E-state index contributed by atoms with van der Waals surface area (Å²) in [6, 6.07) is 3.83. The van der Waals surface area contributed by atoms with E-state index >= 15 is 0 Å². The summed E-state index contributed by atoms with van der Waals surface area (Å²) in [4.78, 5) is 16.1. The summed E-state index contributed by atoms with van der Waals surface area (Å²) in [5, 5.41) is 3.57. The molecule has 0 unspecified atom stereocenters. The normalized spacial score (nSPS) is 19.6. The molecule has 0 saturated heterocycles. The Bertz CT molecular complexity index is 497. The SMILES string of the molecule is CC1(C)C(C(=O)NCCCc2ccnc(Cl)c2)C1(C)C. The van der Waals surface area contributed by atoms with Gasteiger partial charge in [-0.25, -0.2) is 4.98 Å². The molecule has 20 heavy (non-hydrogen) atoms. The van der Waals surface area contributed by atoms with Crippen LogP contribution in [0.2, 0.25) is 5.15 Å². The number of rotatable bonds is 5. The van der Waals surface area contributed by atoms with Crippen molar-refractivity contribution in [1.29, 1.82) is 0 Å². The zero-order chi connectivity index (χ0) is 15.0. The van der Waals surface area contributed by atoms with Gasteiger partial charge in [0.2, 0.25) is 5.91 Å². The maximum absolute atomic E-state index is 12.2. The zero-order valence-corrected chi connectivity index (χ0v) is 13.4. The number of nitrogens with zero attached hydrogens (tertiary/aromatic N) is 1. The van der Waals surface area contributed by atoms with E-state index in [2.05, 4.69) is 38.0 Å². The fourth-order valence-corrected chi connectivity index (χ4v) is 3.25. The van der Waals surface area contributed by atoms with Crippen LogP contribution < -0.4 is 5.32 Å². The summed E-state index contributed by atoms with van der Waals surface area (Å²) < 4.78 is 0. The van der Waals surface area contributed by atoms with Gasteiger partial charge in [0.1, 0.15) is 5.15 Å². The molecule has 1 aromatic heterocycles. The predicted octanol–water partition coefficient (Wildman–Crippen LogP) is 3.47. The number of halogens is 1. The highest BCUT2D eigenvalue weighted by Gasteiger charge is 2.68. The Morgan fingerprint density at radius 2 is 2.00 bits per heavy atom. The number of amides is 1. The Morgan fingerprint density at radius 1 is 1.35 bits per heavy atom. The van der Waals surface area contributed by atoms with Gasteiger partial charge >= 0.3 is 0 Å². The summed E-state index contributed by atoms with van der Waals surface area (Å²) in [5.74, 6) is 0.318. The molecule has 0 radical (unpaired) electrons. The van der Waals surface area contributed by atoms with Crippen molar-refractivity contribution in [3.63, 3.8) is 0 Å². The topological polar surface area (TPSA) is 42.0 Å². The number of carbonyl (C=O) groups excluding carboxylic acids is 1. The summed E-state index contributed by atoms with van der Waals surface area (Å²) in [7, 11) is 0. The monoisotopic (exact) mass is 294 g/mol. The third kappa shape index (κ3) is 2.83. The Morgan fingerprint density at radius 3 is 2.55 bits per heavy atom. The lowest BCUT2D eigenvalue weighted by Gasteiger charge is -2.06. The second-order valence-electron chi connectivity index (χ2n) is 6.76. The Labute approximate surface area is 126 Å². The van der Waals surface area contributed by atoms with Crippen LogP contribution in [0.25, 0.3) is 0 Å². The van der Waals surface area contributed by atoms with Crippen molar-refractivity contribution in [2.45, 2.75) is 40.5 Å². The highest BCUT2D eigenvalue weighted by molar-refractivity contribution is 6.29. The minimum atomic E-state index is 0.107. The van der Waals surface area contributed by atoms with Crippen LogP contribution in [-0.4, -0.2) is 17.4 Å². The van der Waals surface area contributed by atoms with Gasteiger partial charge in [-0.3, -0.25) is 4.79 Å². The molecule has 1 aromatic rings. The maximum Gasteiger partial charge on any atom is 0.224 e. The van der Waals surface area contributed by atoms with Crippen molar-refractivity contribution in [2.75, 3.05) is 6.54 Å². The molecule has 0 bridgehead atoms. The first kappa shape index (κ1) is 15.3. The van der Waals surface area contributed by atoms with E-state index < -0.39 is 0 Å². The van der Waals surface area contributed by atoms with Crippen LogP contribution >= 0.6 is 11.6 Å². The van der Waals surface area contributed by atoms with Gasteiger partial charge in [-0.05, 0) is 41.4 Å². The number of hydrogen-bond acceptors (Lipinski definition) is 2. The first-order valence-electron chi connectivity index (χ1n) is 7.15. The number of nitrogens with one attached hydrogen (secondary N) is 1. The third-order valence-electron chi connectivity index (χ3n) is 5.02. The number of aromatic nitrogens is 1. The highest BCUT2D eigenvalue weighted by Crippen LogP contribution is 2.68. The van der Waals surface area contributed by atoms with Crippen molar-refractivity contribution in [1.82, 2.24) is 10.3 Å². The number of hydrogen-bond donors (Lipinski definition) is 1. The van der Waals surface area contributed by atoms with Crippen LogP contribution in [0.15, 0.2) is 18.3 Å². The fourth-order valence-electron chi connectivity index (χ4n) is 3.06. The van der Waals surface area contributed by atoms with Crippen molar-refractivity contribution in [2.24, 2.45) is 16.7 Å². The zero-order valence-electron chi connectivity index (χ0n) is 12.7. The van der Waals surface area contributed by atoms with Crippen molar-refractivity contribution >= 4 is 17.5 Å². The average Bonchev–Trinajstić information content (AvgIpc) is 2.75. The van der Waals surface area contributed by atoms with Gasteiger partial charge in [0, 0.05) is 18.7 Å². The van der Waals surface area contributed by atoms with E-state index in [9.17, 15) is 4.79 Å². The molecule has 1 N–H and O–H groups in total. The van der Waals surface area contributed by atoms with Crippen molar-refractivity contribution in [3.05, 3.63) is 29.0 Å². The predicted molar refractivity (Wildman–Crippen MR) is 81.6 cm³/mol. The fraction of sp³-hybridized carbons (Fsp3) is 0.625. The van der Waals surface area contributed by atoms with Crippen molar-refractivity contribution < 1.29 is 4.79 Å². The smallest absolute Gasteiger partial charge is 0.224 e. The van der Waals surface area contributed by atoms with Gasteiger partial charge in [0.05, 0.1) is 0 Å². The van der Waals surface area contributed by atoms with Gasteiger partial charge in [-0.2, -0.15) is 0 Å². The van der Waals surface area contributed by atoms with E-state index in [0.717, 1.165) is 18.4 Å². The van der Waals surface area contributed by atoms with Crippen LogP contribution in [0, 0.1) is 16.7 Å². The molecule has 1 amide bonds. The molecule has 0 spiro atoms. The molecule has 3 nitrogen and oxygen atoms in total. The minimum Gasteiger partial charge on any atom is -0.356 e. The molecule has 1 saturated carbocycles. The van der Waals surface area contributed by atoms with Crippen LogP contribution in [0.5, 0.6) is 0 Å². The van der Waals surface area contributed by atoms with Gasteiger partial charge in [-0.15, -0.1) is 0 Å². The molecule has 0 aliphatic heterocycles. The molecule has 4 heteroatoms. The lowest BCUT2D eigenvalue weighted by molar-refractivity contribution is -0.123. The van der Waals surface area contributed by atoms with E-state index in [1.54, 1.807) is 6.20 Å². The van der Waals surface area contributed by atoms with Crippen molar-refractivity contribution in [3.8, 4) is 0 Å².